The second-order valence-corrected chi connectivity index (χ2v) is 8.22. The summed E-state index contributed by atoms with van der Waals surface area (Å²) < 4.78 is 11.0. The van der Waals surface area contributed by atoms with E-state index in [1.54, 1.807) is 0 Å². The third-order valence-electron chi connectivity index (χ3n) is 6.47. The van der Waals surface area contributed by atoms with E-state index in [1.165, 1.54) is 25.7 Å². The first-order valence-corrected chi connectivity index (χ1v) is 9.96. The minimum Gasteiger partial charge on any atom is -0.489 e. The summed E-state index contributed by atoms with van der Waals surface area (Å²) in [4.78, 5) is 12.6. The molecule has 27 heavy (non-hydrogen) atoms. The quantitative estimate of drug-likeness (QED) is 0.819. The van der Waals surface area contributed by atoms with Crippen molar-refractivity contribution < 1.29 is 14.1 Å². The number of nitrogens with zero attached hydrogens (tertiary/aromatic N) is 1. The summed E-state index contributed by atoms with van der Waals surface area (Å²) in [5.41, 5.74) is 2.49. The van der Waals surface area contributed by atoms with Crippen molar-refractivity contribution >= 4 is 5.91 Å². The van der Waals surface area contributed by atoms with Crippen molar-refractivity contribution in [2.45, 2.75) is 59.1 Å². The Labute approximate surface area is 160 Å². The van der Waals surface area contributed by atoms with Gasteiger partial charge in [0.15, 0.2) is 0 Å². The van der Waals surface area contributed by atoms with E-state index in [0.29, 0.717) is 18.1 Å². The van der Waals surface area contributed by atoms with Crippen molar-refractivity contribution in [3.8, 4) is 5.75 Å². The van der Waals surface area contributed by atoms with E-state index in [4.69, 9.17) is 9.26 Å². The molecule has 2 aromatic rings. The number of hydrogen-bond acceptors (Lipinski definition) is 4. The van der Waals surface area contributed by atoms with Crippen LogP contribution in [0.2, 0.25) is 0 Å². The second kappa shape index (κ2) is 7.37. The van der Waals surface area contributed by atoms with Crippen molar-refractivity contribution in [2.75, 3.05) is 0 Å². The van der Waals surface area contributed by atoms with Gasteiger partial charge >= 0.3 is 0 Å². The predicted octanol–water partition coefficient (Wildman–Crippen LogP) is 4.42. The Hall–Kier alpha value is -2.30. The van der Waals surface area contributed by atoms with E-state index >= 15 is 0 Å². The molecule has 1 aromatic carbocycles. The zero-order chi connectivity index (χ0) is 19.0. The zero-order valence-corrected chi connectivity index (χ0v) is 16.3. The number of fused-ring (bicyclic) bond motifs is 2. The molecular weight excluding hydrogens is 340 g/mol. The van der Waals surface area contributed by atoms with Crippen LogP contribution in [-0.4, -0.2) is 17.1 Å². The van der Waals surface area contributed by atoms with Gasteiger partial charge in [0, 0.05) is 11.6 Å². The molecule has 0 aliphatic heterocycles. The number of benzene rings is 1. The molecule has 0 saturated heterocycles. The van der Waals surface area contributed by atoms with E-state index in [2.05, 4.69) is 17.4 Å². The highest BCUT2D eigenvalue weighted by Crippen LogP contribution is 2.49. The molecule has 1 heterocycles. The lowest BCUT2D eigenvalue weighted by Gasteiger charge is -2.28. The van der Waals surface area contributed by atoms with Crippen LogP contribution in [0.15, 0.2) is 28.8 Å². The zero-order valence-electron chi connectivity index (χ0n) is 16.3. The van der Waals surface area contributed by atoms with Crippen LogP contribution >= 0.6 is 0 Å². The lowest BCUT2D eigenvalue weighted by atomic mass is 9.84. The Kier molecular flexibility index (Phi) is 4.94. The number of ether oxygens (including phenoxy) is 1. The molecule has 2 bridgehead atoms. The van der Waals surface area contributed by atoms with Crippen molar-refractivity contribution in [3.05, 3.63) is 46.8 Å². The summed E-state index contributed by atoms with van der Waals surface area (Å²) in [6.45, 7) is 6.35. The van der Waals surface area contributed by atoms with Crippen LogP contribution in [0.4, 0.5) is 0 Å². The number of aryl methyl sites for hydroxylation is 2. The van der Waals surface area contributed by atoms with Crippen LogP contribution in [0.3, 0.4) is 0 Å². The van der Waals surface area contributed by atoms with E-state index in [1.807, 2.05) is 38.1 Å². The molecule has 4 unspecified atom stereocenters. The highest BCUT2D eigenvalue weighted by atomic mass is 16.5. The summed E-state index contributed by atoms with van der Waals surface area (Å²) in [6.07, 6.45) is 5.37. The monoisotopic (exact) mass is 368 g/mol. The van der Waals surface area contributed by atoms with Crippen LogP contribution in [0.5, 0.6) is 5.75 Å². The molecule has 144 valence electrons. The predicted molar refractivity (Wildman–Crippen MR) is 103 cm³/mol. The molecule has 2 aliphatic rings. The minimum atomic E-state index is 0.00236. The summed E-state index contributed by atoms with van der Waals surface area (Å²) in [5, 5.41) is 7.14. The number of nitrogens with one attached hydrogen (secondary N) is 1. The maximum atomic E-state index is 12.6. The number of carbonyl (C=O) groups is 1. The molecule has 5 heteroatoms. The van der Waals surface area contributed by atoms with Gasteiger partial charge in [0.2, 0.25) is 0 Å². The summed E-state index contributed by atoms with van der Waals surface area (Å²) in [7, 11) is 0. The number of aromatic nitrogens is 1. The Morgan fingerprint density at radius 2 is 2.04 bits per heavy atom. The SMILES string of the molecule is Cc1noc(C)c1COc1ccc(C(=O)NC(C)C2CC3CCC2C3)cc1. The Balaban J connectivity index is 1.32. The summed E-state index contributed by atoms with van der Waals surface area (Å²) >= 11 is 0. The average Bonchev–Trinajstić information content (AvgIpc) is 3.37. The van der Waals surface area contributed by atoms with Gasteiger partial charge < -0.3 is 14.6 Å². The van der Waals surface area contributed by atoms with Crippen molar-refractivity contribution in [3.63, 3.8) is 0 Å². The molecule has 5 nitrogen and oxygen atoms in total. The minimum absolute atomic E-state index is 0.00236. The summed E-state index contributed by atoms with van der Waals surface area (Å²) in [6, 6.07) is 7.57. The highest BCUT2D eigenvalue weighted by Gasteiger charge is 2.42. The van der Waals surface area contributed by atoms with Crippen molar-refractivity contribution in [2.24, 2.45) is 17.8 Å². The van der Waals surface area contributed by atoms with Crippen molar-refractivity contribution in [1.29, 1.82) is 0 Å². The smallest absolute Gasteiger partial charge is 0.251 e. The Morgan fingerprint density at radius 3 is 2.63 bits per heavy atom. The number of carbonyl (C=O) groups excluding carboxylic acids is 1. The second-order valence-electron chi connectivity index (χ2n) is 8.22. The lowest BCUT2D eigenvalue weighted by Crippen LogP contribution is -2.40. The molecule has 2 fully saturated rings. The van der Waals surface area contributed by atoms with Gasteiger partial charge in [0.05, 0.1) is 11.3 Å². The molecule has 4 atom stereocenters. The van der Waals surface area contributed by atoms with Gasteiger partial charge in [-0.2, -0.15) is 0 Å². The maximum Gasteiger partial charge on any atom is 0.251 e. The molecule has 0 spiro atoms. The third kappa shape index (κ3) is 3.73. The van der Waals surface area contributed by atoms with Crippen LogP contribution in [0.25, 0.3) is 0 Å². The van der Waals surface area contributed by atoms with Crippen LogP contribution < -0.4 is 10.1 Å². The van der Waals surface area contributed by atoms with Crippen molar-refractivity contribution in [1.82, 2.24) is 10.5 Å². The van der Waals surface area contributed by atoms with E-state index in [-0.39, 0.29) is 11.9 Å². The largest absolute Gasteiger partial charge is 0.489 e. The first-order chi connectivity index (χ1) is 13.0. The van der Waals surface area contributed by atoms with Gasteiger partial charge in [0.1, 0.15) is 18.1 Å². The van der Waals surface area contributed by atoms with E-state index < -0.39 is 0 Å². The first-order valence-electron chi connectivity index (χ1n) is 9.96. The Bertz CT molecular complexity index is 792. The van der Waals surface area contributed by atoms with Crippen LogP contribution in [0, 0.1) is 31.6 Å². The number of amides is 1. The average molecular weight is 368 g/mol. The number of hydrogen-bond donors (Lipinski definition) is 1. The van der Waals surface area contributed by atoms with Gasteiger partial charge in [-0.1, -0.05) is 11.6 Å². The third-order valence-corrected chi connectivity index (χ3v) is 6.47. The Morgan fingerprint density at radius 1 is 1.26 bits per heavy atom. The molecule has 4 rings (SSSR count). The van der Waals surface area contributed by atoms with Gasteiger partial charge in [-0.05, 0) is 82.1 Å². The summed E-state index contributed by atoms with van der Waals surface area (Å²) in [5.74, 6) is 3.86. The first kappa shape index (κ1) is 18.1. The normalized spacial score (nSPS) is 24.8. The maximum absolute atomic E-state index is 12.6. The topological polar surface area (TPSA) is 64.4 Å². The number of rotatable bonds is 6. The fourth-order valence-corrected chi connectivity index (χ4v) is 4.87. The fourth-order valence-electron chi connectivity index (χ4n) is 4.87. The van der Waals surface area contributed by atoms with Gasteiger partial charge in [-0.25, -0.2) is 0 Å². The standard InChI is InChI=1S/C22H28N2O3/c1-13(20-11-16-4-5-18(20)10-16)23-22(25)17-6-8-19(9-7-17)26-12-21-14(2)24-27-15(21)3/h6-9,13,16,18,20H,4-5,10-12H2,1-3H3,(H,23,25). The lowest BCUT2D eigenvalue weighted by molar-refractivity contribution is 0.0915. The van der Waals surface area contributed by atoms with Gasteiger partial charge in [-0.3, -0.25) is 4.79 Å². The highest BCUT2D eigenvalue weighted by molar-refractivity contribution is 5.94. The molecule has 1 amide bonds. The van der Waals surface area contributed by atoms with E-state index in [0.717, 1.165) is 34.6 Å². The van der Waals surface area contributed by atoms with Gasteiger partial charge in [-0.15, -0.1) is 0 Å². The molecular formula is C22H28N2O3. The molecule has 2 aliphatic carbocycles. The van der Waals surface area contributed by atoms with E-state index in [9.17, 15) is 4.79 Å². The fraction of sp³-hybridized carbons (Fsp3) is 0.545. The van der Waals surface area contributed by atoms with Gasteiger partial charge in [0.25, 0.3) is 5.91 Å². The van der Waals surface area contributed by atoms with Crippen LogP contribution in [0.1, 0.15) is 60.0 Å². The molecule has 0 radical (unpaired) electrons. The van der Waals surface area contributed by atoms with Crippen LogP contribution in [-0.2, 0) is 6.61 Å². The molecule has 1 N–H and O–H groups in total. The molecule has 1 aromatic heterocycles. The molecule has 2 saturated carbocycles.